The summed E-state index contributed by atoms with van der Waals surface area (Å²) in [6.45, 7) is 10.2. The van der Waals surface area contributed by atoms with Gasteiger partial charge in [-0.05, 0) is 117 Å². The standard InChI is InChI=1S/C26H47N/c1-5-20(27)11-9-18(2)22-13-14-23-21-12-10-19-8-6-7-16-25(19,3)24(21)15-17-26(22,23)4/h18-24H,5-17,27H2,1-4H3/t18-,19?,20?,21+,22-,23+,24+,25+,26-/m1/s1. The second-order valence-electron chi connectivity index (χ2n) is 11.9. The lowest BCUT2D eigenvalue weighted by Crippen LogP contribution is -2.53. The average Bonchev–Trinajstić information content (AvgIpc) is 3.02. The second kappa shape index (κ2) is 7.66. The molecule has 0 aromatic heterocycles. The van der Waals surface area contributed by atoms with Crippen LogP contribution >= 0.6 is 0 Å². The monoisotopic (exact) mass is 373 g/mol. The maximum atomic E-state index is 6.25. The molecule has 156 valence electrons. The zero-order chi connectivity index (χ0) is 19.2. The van der Waals surface area contributed by atoms with E-state index in [1.807, 2.05) is 0 Å². The van der Waals surface area contributed by atoms with Crippen molar-refractivity contribution in [2.24, 2.45) is 52.1 Å². The van der Waals surface area contributed by atoms with Crippen molar-refractivity contribution in [3.05, 3.63) is 0 Å². The van der Waals surface area contributed by atoms with Crippen LogP contribution in [0.3, 0.4) is 0 Å². The maximum absolute atomic E-state index is 6.25. The van der Waals surface area contributed by atoms with E-state index in [2.05, 4.69) is 27.7 Å². The van der Waals surface area contributed by atoms with Gasteiger partial charge in [0.15, 0.2) is 0 Å². The quantitative estimate of drug-likeness (QED) is 0.542. The summed E-state index contributed by atoms with van der Waals surface area (Å²) in [4.78, 5) is 0. The van der Waals surface area contributed by atoms with E-state index in [0.717, 1.165) is 41.9 Å². The molecule has 0 aromatic carbocycles. The number of hydrogen-bond acceptors (Lipinski definition) is 1. The molecule has 2 unspecified atom stereocenters. The maximum Gasteiger partial charge on any atom is 0.00363 e. The molecule has 1 heteroatoms. The summed E-state index contributed by atoms with van der Waals surface area (Å²) < 4.78 is 0. The summed E-state index contributed by atoms with van der Waals surface area (Å²) in [5.74, 6) is 6.03. The normalized spacial score (nSPS) is 49.0. The van der Waals surface area contributed by atoms with Crippen LogP contribution in [0.4, 0.5) is 0 Å². The van der Waals surface area contributed by atoms with E-state index < -0.39 is 0 Å². The fourth-order valence-corrected chi connectivity index (χ4v) is 9.15. The van der Waals surface area contributed by atoms with Crippen molar-refractivity contribution in [3.63, 3.8) is 0 Å². The molecule has 4 aliphatic rings. The van der Waals surface area contributed by atoms with E-state index in [1.165, 1.54) is 51.4 Å². The first kappa shape index (κ1) is 20.2. The molecule has 27 heavy (non-hydrogen) atoms. The number of rotatable bonds is 5. The minimum Gasteiger partial charge on any atom is -0.328 e. The van der Waals surface area contributed by atoms with Gasteiger partial charge < -0.3 is 5.73 Å². The van der Waals surface area contributed by atoms with E-state index >= 15 is 0 Å². The van der Waals surface area contributed by atoms with Gasteiger partial charge in [0.1, 0.15) is 0 Å². The van der Waals surface area contributed by atoms with Gasteiger partial charge in [-0.25, -0.2) is 0 Å². The van der Waals surface area contributed by atoms with E-state index in [-0.39, 0.29) is 0 Å². The molecule has 4 rings (SSSR count). The molecule has 4 saturated carbocycles. The third-order valence-corrected chi connectivity index (χ3v) is 10.9. The van der Waals surface area contributed by atoms with Gasteiger partial charge in [-0.1, -0.05) is 40.5 Å². The van der Waals surface area contributed by atoms with E-state index in [4.69, 9.17) is 5.73 Å². The molecule has 4 aliphatic carbocycles. The lowest BCUT2D eigenvalue weighted by atomic mass is 9.44. The number of hydrogen-bond donors (Lipinski definition) is 1. The molecule has 0 saturated heterocycles. The molecule has 0 spiro atoms. The Morgan fingerprint density at radius 2 is 1.63 bits per heavy atom. The highest BCUT2D eigenvalue weighted by atomic mass is 14.7. The van der Waals surface area contributed by atoms with Gasteiger partial charge in [-0.2, -0.15) is 0 Å². The van der Waals surface area contributed by atoms with Gasteiger partial charge in [0.2, 0.25) is 0 Å². The second-order valence-corrected chi connectivity index (χ2v) is 11.9. The molecule has 0 bridgehead atoms. The Morgan fingerprint density at radius 1 is 0.852 bits per heavy atom. The van der Waals surface area contributed by atoms with Gasteiger partial charge in [0.05, 0.1) is 0 Å². The number of nitrogens with two attached hydrogens (primary N) is 1. The van der Waals surface area contributed by atoms with Crippen LogP contribution in [0.5, 0.6) is 0 Å². The van der Waals surface area contributed by atoms with Crippen LogP contribution < -0.4 is 5.73 Å². The fourth-order valence-electron chi connectivity index (χ4n) is 9.15. The summed E-state index contributed by atoms with van der Waals surface area (Å²) >= 11 is 0. The first-order valence-corrected chi connectivity index (χ1v) is 12.7. The van der Waals surface area contributed by atoms with Crippen LogP contribution in [0.15, 0.2) is 0 Å². The first-order chi connectivity index (χ1) is 12.9. The number of fused-ring (bicyclic) bond motifs is 5. The smallest absolute Gasteiger partial charge is 0.00363 e. The molecule has 4 fully saturated rings. The van der Waals surface area contributed by atoms with E-state index in [1.54, 1.807) is 25.7 Å². The molecule has 0 amide bonds. The predicted molar refractivity (Wildman–Crippen MR) is 116 cm³/mol. The fraction of sp³-hybridized carbons (Fsp3) is 1.00. The van der Waals surface area contributed by atoms with Crippen LogP contribution in [0.2, 0.25) is 0 Å². The third kappa shape index (κ3) is 3.32. The van der Waals surface area contributed by atoms with Crippen LogP contribution in [-0.4, -0.2) is 6.04 Å². The lowest BCUT2D eigenvalue weighted by Gasteiger charge is -2.61. The zero-order valence-corrected chi connectivity index (χ0v) is 18.8. The minimum atomic E-state index is 0.426. The highest BCUT2D eigenvalue weighted by Crippen LogP contribution is 2.68. The molecule has 0 aliphatic heterocycles. The highest BCUT2D eigenvalue weighted by molar-refractivity contribution is 5.09. The van der Waals surface area contributed by atoms with Crippen molar-refractivity contribution in [1.29, 1.82) is 0 Å². The van der Waals surface area contributed by atoms with Crippen molar-refractivity contribution in [2.75, 3.05) is 0 Å². The van der Waals surface area contributed by atoms with Gasteiger partial charge in [0.25, 0.3) is 0 Å². The average molecular weight is 374 g/mol. The van der Waals surface area contributed by atoms with Gasteiger partial charge in [0, 0.05) is 6.04 Å². The Morgan fingerprint density at radius 3 is 2.41 bits per heavy atom. The Balaban J connectivity index is 1.48. The topological polar surface area (TPSA) is 26.0 Å². The van der Waals surface area contributed by atoms with Crippen molar-refractivity contribution in [3.8, 4) is 0 Å². The van der Waals surface area contributed by atoms with Crippen LogP contribution in [0, 0.1) is 46.3 Å². The van der Waals surface area contributed by atoms with Crippen molar-refractivity contribution in [1.82, 2.24) is 0 Å². The summed E-state index contributed by atoms with van der Waals surface area (Å²) in [7, 11) is 0. The molecule has 0 heterocycles. The van der Waals surface area contributed by atoms with E-state index in [0.29, 0.717) is 16.9 Å². The first-order valence-electron chi connectivity index (χ1n) is 12.7. The van der Waals surface area contributed by atoms with Crippen LogP contribution in [0.1, 0.15) is 111 Å². The van der Waals surface area contributed by atoms with Crippen LogP contribution in [-0.2, 0) is 0 Å². The molecule has 1 nitrogen and oxygen atoms in total. The zero-order valence-electron chi connectivity index (χ0n) is 18.8. The predicted octanol–water partition coefficient (Wildman–Crippen LogP) is 7.19. The van der Waals surface area contributed by atoms with Crippen molar-refractivity contribution in [2.45, 2.75) is 117 Å². The summed E-state index contributed by atoms with van der Waals surface area (Å²) in [5, 5.41) is 0. The Bertz CT molecular complexity index is 514. The highest BCUT2D eigenvalue weighted by Gasteiger charge is 2.59. The van der Waals surface area contributed by atoms with Crippen molar-refractivity contribution < 1.29 is 0 Å². The summed E-state index contributed by atoms with van der Waals surface area (Å²) in [5.41, 5.74) is 7.58. The molecule has 9 atom stereocenters. The third-order valence-electron chi connectivity index (χ3n) is 10.9. The lowest BCUT2D eigenvalue weighted by molar-refractivity contribution is -0.114. The molecular weight excluding hydrogens is 326 g/mol. The SMILES string of the molecule is CCC(N)CC[C@@H](C)[C@H]1CC[C@H]2[C@@H]3CCC4CCCC[C@]4(C)[C@H]3CC[C@]12C. The molecule has 0 radical (unpaired) electrons. The van der Waals surface area contributed by atoms with Gasteiger partial charge in [-0.3, -0.25) is 0 Å². The van der Waals surface area contributed by atoms with Crippen molar-refractivity contribution >= 4 is 0 Å². The Kier molecular flexibility index (Phi) is 5.74. The molecular formula is C26H47N. The Hall–Kier alpha value is -0.0400. The molecule has 0 aromatic rings. The van der Waals surface area contributed by atoms with Gasteiger partial charge >= 0.3 is 0 Å². The summed E-state index contributed by atoms with van der Waals surface area (Å²) in [6.07, 6.45) is 19.1. The molecule has 2 N–H and O–H groups in total. The van der Waals surface area contributed by atoms with Crippen LogP contribution in [0.25, 0.3) is 0 Å². The largest absolute Gasteiger partial charge is 0.328 e. The van der Waals surface area contributed by atoms with E-state index in [9.17, 15) is 0 Å². The minimum absolute atomic E-state index is 0.426. The van der Waals surface area contributed by atoms with Gasteiger partial charge in [-0.15, -0.1) is 0 Å². The summed E-state index contributed by atoms with van der Waals surface area (Å²) in [6, 6.07) is 0.426. The Labute approximate surface area is 169 Å².